The molecule has 9 nitrogen and oxygen atoms in total. The van der Waals surface area contributed by atoms with Crippen molar-refractivity contribution in [2.24, 2.45) is 0 Å². The smallest absolute Gasteiger partial charge is 0.171 e. The number of ether oxygens (including phenoxy) is 4. The van der Waals surface area contributed by atoms with Gasteiger partial charge in [-0.2, -0.15) is 21.0 Å². The molecular formula is C64H47N4O5P. The second kappa shape index (κ2) is 21.0. The highest BCUT2D eigenvalue weighted by atomic mass is 31.2. The molecule has 9 rings (SSSR count). The Morgan fingerprint density at radius 2 is 0.554 bits per heavy atom. The van der Waals surface area contributed by atoms with E-state index in [1.807, 2.05) is 176 Å². The van der Waals surface area contributed by atoms with E-state index in [9.17, 15) is 21.0 Å². The van der Waals surface area contributed by atoms with E-state index in [4.69, 9.17) is 18.9 Å². The Kier molecular flexibility index (Phi) is 14.0. The summed E-state index contributed by atoms with van der Waals surface area (Å²) in [6.07, 6.45) is 0. The monoisotopic (exact) mass is 982 g/mol. The summed E-state index contributed by atoms with van der Waals surface area (Å²) in [5.41, 5.74) is 4.79. The van der Waals surface area contributed by atoms with Gasteiger partial charge in [0.25, 0.3) is 0 Å². The molecule has 0 fully saturated rings. The maximum absolute atomic E-state index is 15.4. The second-order valence-electron chi connectivity index (χ2n) is 18.6. The second-order valence-corrected chi connectivity index (χ2v) is 21.3. The highest BCUT2D eigenvalue weighted by Crippen LogP contribution is 2.44. The van der Waals surface area contributed by atoms with Crippen LogP contribution < -0.4 is 34.9 Å². The lowest BCUT2D eigenvalue weighted by atomic mass is 9.78. The van der Waals surface area contributed by atoms with Crippen molar-refractivity contribution in [3.8, 4) is 70.3 Å². The van der Waals surface area contributed by atoms with E-state index >= 15 is 4.57 Å². The van der Waals surface area contributed by atoms with E-state index in [-0.39, 0.29) is 22.0 Å². The summed E-state index contributed by atoms with van der Waals surface area (Å²) in [5, 5.41) is 39.3. The van der Waals surface area contributed by atoms with Crippen LogP contribution in [0.2, 0.25) is 0 Å². The molecule has 0 aliphatic carbocycles. The van der Waals surface area contributed by atoms with Gasteiger partial charge in [-0.1, -0.05) is 107 Å². The minimum atomic E-state index is -3.32. The van der Waals surface area contributed by atoms with Gasteiger partial charge >= 0.3 is 0 Å². The Morgan fingerprint density at radius 3 is 0.838 bits per heavy atom. The van der Waals surface area contributed by atoms with Crippen molar-refractivity contribution in [2.45, 2.75) is 38.5 Å². The van der Waals surface area contributed by atoms with Crippen molar-refractivity contribution in [3.05, 3.63) is 257 Å². The fourth-order valence-corrected chi connectivity index (χ4v) is 11.3. The van der Waals surface area contributed by atoms with Crippen LogP contribution >= 0.6 is 7.14 Å². The molecule has 9 aromatic carbocycles. The fraction of sp³-hybridized carbons (Fsp3) is 0.0938. The van der Waals surface area contributed by atoms with Crippen molar-refractivity contribution in [3.63, 3.8) is 0 Å². The zero-order valence-electron chi connectivity index (χ0n) is 41.0. The SMILES string of the molecule is CC(C)(c1ccc(Oc2ccc(P(=O)(c3ccccc3)c3ccc(Oc4ccc(C(C)(C)c5ccc(Oc6ccc(C#N)c(C#N)c6)cc5)cc4)cc3)cc2)cc1)c1ccc(Oc2ccc(C#N)c(C#N)c2)cc1. The fourth-order valence-electron chi connectivity index (χ4n) is 8.72. The lowest BCUT2D eigenvalue weighted by molar-refractivity contribution is 0.480. The molecule has 0 bridgehead atoms. The van der Waals surface area contributed by atoms with Gasteiger partial charge in [-0.3, -0.25) is 0 Å². The zero-order chi connectivity index (χ0) is 51.9. The summed E-state index contributed by atoms with van der Waals surface area (Å²) in [5.74, 6) is 4.74. The molecule has 0 saturated heterocycles. The van der Waals surface area contributed by atoms with Crippen molar-refractivity contribution >= 4 is 23.1 Å². The first-order chi connectivity index (χ1) is 35.8. The summed E-state index contributed by atoms with van der Waals surface area (Å²) < 4.78 is 40.0. The molecule has 0 unspecified atom stereocenters. The number of benzene rings is 9. The van der Waals surface area contributed by atoms with Gasteiger partial charge in [0.05, 0.1) is 22.3 Å². The lowest BCUT2D eigenvalue weighted by Crippen LogP contribution is -2.24. The first-order valence-electron chi connectivity index (χ1n) is 23.7. The minimum absolute atomic E-state index is 0.267. The van der Waals surface area contributed by atoms with Gasteiger partial charge in [0.1, 0.15) is 70.3 Å². The summed E-state index contributed by atoms with van der Waals surface area (Å²) in [4.78, 5) is 0. The number of nitriles is 4. The van der Waals surface area contributed by atoms with Crippen molar-refractivity contribution in [1.82, 2.24) is 0 Å². The molecule has 0 aromatic heterocycles. The van der Waals surface area contributed by atoms with Crippen LogP contribution in [0, 0.1) is 45.3 Å². The van der Waals surface area contributed by atoms with Gasteiger partial charge in [0.15, 0.2) is 7.14 Å². The lowest BCUT2D eigenvalue weighted by Gasteiger charge is -2.26. The van der Waals surface area contributed by atoms with Crippen LogP contribution in [-0.2, 0) is 15.4 Å². The van der Waals surface area contributed by atoms with E-state index < -0.39 is 7.14 Å². The summed E-state index contributed by atoms with van der Waals surface area (Å²) >= 11 is 0. The molecule has 0 radical (unpaired) electrons. The summed E-state index contributed by atoms with van der Waals surface area (Å²) in [7, 11) is -3.32. The average Bonchev–Trinajstić information content (AvgIpc) is 3.44. The van der Waals surface area contributed by atoms with Crippen LogP contribution in [0.1, 0.15) is 72.2 Å². The molecule has 9 aromatic rings. The highest BCUT2D eigenvalue weighted by molar-refractivity contribution is 7.85. The Morgan fingerprint density at radius 1 is 0.311 bits per heavy atom. The molecule has 0 amide bonds. The molecule has 0 heterocycles. The molecule has 0 aliphatic heterocycles. The Hall–Kier alpha value is -9.63. The zero-order valence-corrected chi connectivity index (χ0v) is 41.9. The molecule has 74 heavy (non-hydrogen) atoms. The van der Waals surface area contributed by atoms with E-state index in [2.05, 4.69) is 52.0 Å². The van der Waals surface area contributed by atoms with Crippen LogP contribution in [0.3, 0.4) is 0 Å². The van der Waals surface area contributed by atoms with E-state index in [0.29, 0.717) is 73.0 Å². The van der Waals surface area contributed by atoms with Gasteiger partial charge in [0, 0.05) is 26.7 Å². The van der Waals surface area contributed by atoms with E-state index in [1.54, 1.807) is 36.4 Å². The molecular weight excluding hydrogens is 936 g/mol. The number of hydrogen-bond donors (Lipinski definition) is 0. The topological polar surface area (TPSA) is 149 Å². The molecule has 0 spiro atoms. The summed E-state index contributed by atoms with van der Waals surface area (Å²) in [6, 6.07) is 73.8. The average molecular weight is 983 g/mol. The predicted octanol–water partition coefficient (Wildman–Crippen LogP) is 14.6. The van der Waals surface area contributed by atoms with Crippen molar-refractivity contribution in [2.75, 3.05) is 0 Å². The third kappa shape index (κ3) is 10.4. The Balaban J connectivity index is 0.843. The minimum Gasteiger partial charge on any atom is -0.457 e. The van der Waals surface area contributed by atoms with Crippen LogP contribution in [-0.4, -0.2) is 0 Å². The normalized spacial score (nSPS) is 11.2. The third-order valence-electron chi connectivity index (χ3n) is 13.2. The molecule has 0 aliphatic rings. The van der Waals surface area contributed by atoms with Crippen LogP contribution in [0.25, 0.3) is 0 Å². The largest absolute Gasteiger partial charge is 0.457 e. The standard InChI is InChI=1S/C64H47N4O5P/c1-63(2,50-16-26-54(27-17-50)72-58-20-10-44(40-65)46(38-58)42-67)48-12-22-52(23-13-48)70-56-30-34-61(35-31-56)74(69,60-8-6-5-7-9-60)62-36-32-57(33-37-62)71-53-24-14-49(15-25-53)64(3,4)51-18-28-55(29-19-51)73-59-21-11-45(41-66)47(39-59)43-68/h5-39H,1-4H3. The maximum Gasteiger partial charge on any atom is 0.171 e. The molecule has 0 saturated carbocycles. The van der Waals surface area contributed by atoms with Gasteiger partial charge in [0.2, 0.25) is 0 Å². The number of nitrogens with zero attached hydrogens (tertiary/aromatic N) is 4. The first-order valence-corrected chi connectivity index (χ1v) is 25.4. The highest BCUT2D eigenvalue weighted by Gasteiger charge is 2.30. The Labute approximate surface area is 431 Å². The van der Waals surface area contributed by atoms with E-state index in [1.165, 1.54) is 0 Å². The van der Waals surface area contributed by atoms with Gasteiger partial charge in [-0.15, -0.1) is 0 Å². The van der Waals surface area contributed by atoms with Crippen molar-refractivity contribution in [1.29, 1.82) is 21.0 Å². The molecule has 0 atom stereocenters. The molecule has 358 valence electrons. The van der Waals surface area contributed by atoms with Gasteiger partial charge < -0.3 is 23.5 Å². The molecule has 10 heteroatoms. The van der Waals surface area contributed by atoms with Gasteiger partial charge in [-0.25, -0.2) is 0 Å². The van der Waals surface area contributed by atoms with E-state index in [0.717, 1.165) is 22.3 Å². The van der Waals surface area contributed by atoms with Crippen LogP contribution in [0.5, 0.6) is 46.0 Å². The maximum atomic E-state index is 15.4. The van der Waals surface area contributed by atoms with Crippen LogP contribution in [0.4, 0.5) is 0 Å². The first kappa shape index (κ1) is 49.4. The van der Waals surface area contributed by atoms with Crippen LogP contribution in [0.15, 0.2) is 212 Å². The third-order valence-corrected chi connectivity index (χ3v) is 16.3. The number of rotatable bonds is 15. The quantitative estimate of drug-likeness (QED) is 0.0915. The predicted molar refractivity (Wildman–Crippen MR) is 288 cm³/mol. The summed E-state index contributed by atoms with van der Waals surface area (Å²) in [6.45, 7) is 8.61. The Bertz CT molecular complexity index is 3470. The number of hydrogen-bond acceptors (Lipinski definition) is 9. The van der Waals surface area contributed by atoms with Gasteiger partial charge in [-0.05, 0) is 156 Å². The van der Waals surface area contributed by atoms with Crippen molar-refractivity contribution < 1.29 is 23.5 Å². The molecule has 0 N–H and O–H groups in total.